The van der Waals surface area contributed by atoms with Crippen molar-refractivity contribution in [3.63, 3.8) is 0 Å². The molecule has 0 atom stereocenters. The Kier molecular flexibility index (Phi) is 5.06. The number of halogens is 1. The van der Waals surface area contributed by atoms with Crippen LogP contribution in [0, 0.1) is 5.82 Å². The Labute approximate surface area is 123 Å². The summed E-state index contributed by atoms with van der Waals surface area (Å²) in [6.07, 6.45) is 0.815. The predicted octanol–water partition coefficient (Wildman–Crippen LogP) is 4.01. The summed E-state index contributed by atoms with van der Waals surface area (Å²) in [5.74, 6) is -0.145. The van der Waals surface area contributed by atoms with Crippen LogP contribution in [0.25, 0.3) is 0 Å². The molecule has 0 aliphatic rings. The summed E-state index contributed by atoms with van der Waals surface area (Å²) in [4.78, 5) is 11.5. The molecule has 0 saturated carbocycles. The van der Waals surface area contributed by atoms with E-state index in [9.17, 15) is 9.18 Å². The van der Waals surface area contributed by atoms with Crippen LogP contribution in [0.2, 0.25) is 0 Å². The lowest BCUT2D eigenvalue weighted by Crippen LogP contribution is -2.01. The molecule has 21 heavy (non-hydrogen) atoms. The topological polar surface area (TPSA) is 35.5 Å². The minimum Gasteiger partial charge on any atom is -0.457 e. The Morgan fingerprint density at radius 3 is 2.48 bits per heavy atom. The van der Waals surface area contributed by atoms with Gasteiger partial charge < -0.3 is 9.47 Å². The lowest BCUT2D eigenvalue weighted by Gasteiger charge is -2.10. The molecule has 0 amide bonds. The average molecular weight is 288 g/mol. The number of rotatable bonds is 6. The van der Waals surface area contributed by atoms with Crippen molar-refractivity contribution in [3.05, 3.63) is 59.4 Å². The van der Waals surface area contributed by atoms with Crippen LogP contribution in [0.1, 0.15) is 22.8 Å². The Morgan fingerprint density at radius 1 is 1.14 bits per heavy atom. The second-order valence-corrected chi connectivity index (χ2v) is 4.66. The third kappa shape index (κ3) is 3.89. The highest BCUT2D eigenvalue weighted by Crippen LogP contribution is 2.27. The van der Waals surface area contributed by atoms with E-state index in [-0.39, 0.29) is 17.1 Å². The molecule has 110 valence electrons. The van der Waals surface area contributed by atoms with Gasteiger partial charge in [0, 0.05) is 7.11 Å². The molecule has 0 spiro atoms. The van der Waals surface area contributed by atoms with E-state index in [0.717, 1.165) is 12.0 Å². The minimum absolute atomic E-state index is 0.0269. The molecule has 3 nitrogen and oxygen atoms in total. The first-order valence-corrected chi connectivity index (χ1v) is 6.67. The maximum absolute atomic E-state index is 13.7. The fourth-order valence-electron chi connectivity index (χ4n) is 2.00. The number of ketones is 1. The van der Waals surface area contributed by atoms with Gasteiger partial charge in [0.15, 0.2) is 5.78 Å². The highest BCUT2D eigenvalue weighted by molar-refractivity contribution is 5.97. The number of carbonyl (C=O) groups is 1. The monoisotopic (exact) mass is 288 g/mol. The summed E-state index contributed by atoms with van der Waals surface area (Å²) in [6, 6.07) is 11.8. The van der Waals surface area contributed by atoms with E-state index in [2.05, 4.69) is 0 Å². The van der Waals surface area contributed by atoms with E-state index in [1.54, 1.807) is 25.3 Å². The molecule has 0 aliphatic heterocycles. The molecule has 4 heteroatoms. The molecule has 2 rings (SSSR count). The van der Waals surface area contributed by atoms with E-state index in [4.69, 9.17) is 9.47 Å². The number of hydrogen-bond donors (Lipinski definition) is 0. The summed E-state index contributed by atoms with van der Waals surface area (Å²) in [6.45, 7) is 1.97. The maximum atomic E-state index is 13.7. The second kappa shape index (κ2) is 6.99. The van der Waals surface area contributed by atoms with Gasteiger partial charge in [-0.25, -0.2) is 4.39 Å². The zero-order valence-electron chi connectivity index (χ0n) is 12.1. The van der Waals surface area contributed by atoms with Gasteiger partial charge in [0.05, 0.1) is 12.2 Å². The average Bonchev–Trinajstić information content (AvgIpc) is 2.46. The molecule has 0 fully saturated rings. The molecule has 0 unspecified atom stereocenters. The number of benzene rings is 2. The Balaban J connectivity index is 2.19. The van der Waals surface area contributed by atoms with Crippen molar-refractivity contribution >= 4 is 5.78 Å². The Morgan fingerprint density at radius 2 is 1.86 bits per heavy atom. The molecule has 2 aromatic carbocycles. The van der Waals surface area contributed by atoms with E-state index in [1.807, 2.05) is 12.1 Å². The van der Waals surface area contributed by atoms with Crippen molar-refractivity contribution in [1.29, 1.82) is 0 Å². The van der Waals surface area contributed by atoms with Crippen molar-refractivity contribution in [2.45, 2.75) is 13.3 Å². The first kappa shape index (κ1) is 15.2. The van der Waals surface area contributed by atoms with Gasteiger partial charge in [0.2, 0.25) is 0 Å². The van der Waals surface area contributed by atoms with Gasteiger partial charge in [0.25, 0.3) is 0 Å². The van der Waals surface area contributed by atoms with Crippen LogP contribution in [0.5, 0.6) is 11.5 Å². The number of Topliss-reactive ketones (excluding diaryl/α,β-unsaturated/α-hetero) is 1. The van der Waals surface area contributed by atoms with E-state index in [0.29, 0.717) is 12.4 Å². The van der Waals surface area contributed by atoms with Crippen molar-refractivity contribution in [2.75, 3.05) is 13.7 Å². The SMILES string of the molecule is COCCc1ccc(Oc2cccc(F)c2C(C)=O)cc1. The van der Waals surface area contributed by atoms with Gasteiger partial charge in [-0.2, -0.15) is 0 Å². The summed E-state index contributed by atoms with van der Waals surface area (Å²) >= 11 is 0. The first-order valence-electron chi connectivity index (χ1n) is 6.67. The molecule has 0 bridgehead atoms. The highest BCUT2D eigenvalue weighted by Gasteiger charge is 2.14. The molecule has 0 aromatic heterocycles. The van der Waals surface area contributed by atoms with Gasteiger partial charge in [-0.3, -0.25) is 4.79 Å². The number of methoxy groups -OCH3 is 1. The van der Waals surface area contributed by atoms with E-state index >= 15 is 0 Å². The molecule has 0 saturated heterocycles. The molecule has 0 heterocycles. The van der Waals surface area contributed by atoms with Crippen LogP contribution >= 0.6 is 0 Å². The summed E-state index contributed by atoms with van der Waals surface area (Å²) in [5, 5.41) is 0. The lowest BCUT2D eigenvalue weighted by atomic mass is 10.1. The summed E-state index contributed by atoms with van der Waals surface area (Å²) in [5.41, 5.74) is 1.09. The Hall–Kier alpha value is -2.20. The largest absolute Gasteiger partial charge is 0.457 e. The van der Waals surface area contributed by atoms with E-state index in [1.165, 1.54) is 19.1 Å². The number of carbonyl (C=O) groups excluding carboxylic acids is 1. The van der Waals surface area contributed by atoms with Crippen LogP contribution in [-0.2, 0) is 11.2 Å². The van der Waals surface area contributed by atoms with Crippen molar-refractivity contribution < 1.29 is 18.7 Å². The van der Waals surface area contributed by atoms with Crippen LogP contribution in [0.4, 0.5) is 4.39 Å². The van der Waals surface area contributed by atoms with Crippen LogP contribution < -0.4 is 4.74 Å². The summed E-state index contributed by atoms with van der Waals surface area (Å²) in [7, 11) is 1.66. The molecule has 0 N–H and O–H groups in total. The normalized spacial score (nSPS) is 10.4. The number of hydrogen-bond acceptors (Lipinski definition) is 3. The van der Waals surface area contributed by atoms with Crippen molar-refractivity contribution in [2.24, 2.45) is 0 Å². The Bertz CT molecular complexity index is 620. The van der Waals surface area contributed by atoms with Gasteiger partial charge in [-0.1, -0.05) is 18.2 Å². The molecule has 2 aromatic rings. The van der Waals surface area contributed by atoms with Gasteiger partial charge in [-0.15, -0.1) is 0 Å². The van der Waals surface area contributed by atoms with Gasteiger partial charge in [-0.05, 0) is 43.2 Å². The zero-order chi connectivity index (χ0) is 15.2. The molecular formula is C17H17FO3. The van der Waals surface area contributed by atoms with Gasteiger partial charge in [0.1, 0.15) is 17.3 Å². The smallest absolute Gasteiger partial charge is 0.166 e. The quantitative estimate of drug-likeness (QED) is 0.753. The highest BCUT2D eigenvalue weighted by atomic mass is 19.1. The van der Waals surface area contributed by atoms with Crippen LogP contribution in [-0.4, -0.2) is 19.5 Å². The van der Waals surface area contributed by atoms with Gasteiger partial charge >= 0.3 is 0 Å². The molecule has 0 radical (unpaired) electrons. The second-order valence-electron chi connectivity index (χ2n) is 4.66. The third-order valence-corrected chi connectivity index (χ3v) is 3.07. The fraction of sp³-hybridized carbons (Fsp3) is 0.235. The molecule has 0 aliphatic carbocycles. The van der Waals surface area contributed by atoms with Crippen molar-refractivity contribution in [1.82, 2.24) is 0 Å². The third-order valence-electron chi connectivity index (χ3n) is 3.07. The van der Waals surface area contributed by atoms with Crippen molar-refractivity contribution in [3.8, 4) is 11.5 Å². The van der Waals surface area contributed by atoms with Crippen LogP contribution in [0.15, 0.2) is 42.5 Å². The number of ether oxygens (including phenoxy) is 2. The molecular weight excluding hydrogens is 271 g/mol. The minimum atomic E-state index is -0.572. The van der Waals surface area contributed by atoms with E-state index < -0.39 is 5.82 Å². The first-order chi connectivity index (χ1) is 10.1. The lowest BCUT2D eigenvalue weighted by molar-refractivity contribution is 0.101. The maximum Gasteiger partial charge on any atom is 0.166 e. The van der Waals surface area contributed by atoms with Crippen LogP contribution in [0.3, 0.4) is 0 Å². The summed E-state index contributed by atoms with van der Waals surface area (Å²) < 4.78 is 24.3. The zero-order valence-corrected chi connectivity index (χ0v) is 12.1. The predicted molar refractivity (Wildman–Crippen MR) is 78.5 cm³/mol. The fourth-order valence-corrected chi connectivity index (χ4v) is 2.00. The standard InChI is InChI=1S/C17H17FO3/c1-12(19)17-15(18)4-3-5-16(17)21-14-8-6-13(7-9-14)10-11-20-2/h3-9H,10-11H2,1-2H3.